The molecule has 85 valence electrons. The molecular formula is C11H20N3O. The van der Waals surface area contributed by atoms with Crippen molar-refractivity contribution in [2.45, 2.75) is 25.7 Å². The van der Waals surface area contributed by atoms with Gasteiger partial charge < -0.3 is 11.1 Å². The van der Waals surface area contributed by atoms with E-state index in [1.165, 1.54) is 0 Å². The van der Waals surface area contributed by atoms with E-state index in [1.807, 2.05) is 0 Å². The zero-order valence-corrected chi connectivity index (χ0v) is 9.17. The molecule has 4 heteroatoms. The Kier molecular flexibility index (Phi) is 3.26. The molecule has 4 nitrogen and oxygen atoms in total. The average Bonchev–Trinajstić information content (AvgIpc) is 2.31. The highest BCUT2D eigenvalue weighted by Crippen LogP contribution is 2.41. The highest BCUT2D eigenvalue weighted by Gasteiger charge is 2.44. The molecule has 15 heavy (non-hydrogen) atoms. The zero-order chi connectivity index (χ0) is 10.7. The predicted octanol–water partition coefficient (Wildman–Crippen LogP) is -0.144. The monoisotopic (exact) mass is 210 g/mol. The van der Waals surface area contributed by atoms with Crippen LogP contribution in [0.5, 0.6) is 0 Å². The lowest BCUT2D eigenvalue weighted by molar-refractivity contribution is -0.133. The second-order valence-electron chi connectivity index (χ2n) is 4.72. The lowest BCUT2D eigenvalue weighted by atomic mass is 9.65. The molecule has 0 aromatic carbocycles. The standard InChI is InChI=1S/C11H20N3O/c12-10(15)11(3-7-14-8-4-11)9-1-5-13-6-2-9/h9,13H,1-8H2,(H2,12,15). The fraction of sp³-hybridized carbons (Fsp3) is 0.909. The van der Waals surface area contributed by atoms with Crippen molar-refractivity contribution < 1.29 is 4.79 Å². The number of nitrogens with zero attached hydrogens (tertiary/aromatic N) is 1. The Balaban J connectivity index is 2.12. The van der Waals surface area contributed by atoms with E-state index in [-0.39, 0.29) is 11.3 Å². The maximum Gasteiger partial charge on any atom is 0.224 e. The molecule has 0 bridgehead atoms. The molecular weight excluding hydrogens is 190 g/mol. The van der Waals surface area contributed by atoms with Gasteiger partial charge in [0.25, 0.3) is 0 Å². The summed E-state index contributed by atoms with van der Waals surface area (Å²) in [5.41, 5.74) is 5.39. The molecule has 0 spiro atoms. The van der Waals surface area contributed by atoms with Crippen LogP contribution in [0.3, 0.4) is 0 Å². The van der Waals surface area contributed by atoms with Gasteiger partial charge in [0.05, 0.1) is 5.41 Å². The maximum absolute atomic E-state index is 11.7. The first-order valence-electron chi connectivity index (χ1n) is 5.89. The number of piperidine rings is 2. The molecule has 3 N–H and O–H groups in total. The average molecular weight is 210 g/mol. The molecule has 2 saturated heterocycles. The molecule has 0 saturated carbocycles. The van der Waals surface area contributed by atoms with E-state index in [4.69, 9.17) is 5.73 Å². The number of hydrogen-bond acceptors (Lipinski definition) is 2. The van der Waals surface area contributed by atoms with Gasteiger partial charge >= 0.3 is 0 Å². The van der Waals surface area contributed by atoms with Gasteiger partial charge in [0.2, 0.25) is 5.91 Å². The van der Waals surface area contributed by atoms with Crippen LogP contribution in [0.15, 0.2) is 0 Å². The van der Waals surface area contributed by atoms with E-state index in [0.29, 0.717) is 5.92 Å². The van der Waals surface area contributed by atoms with Crippen molar-refractivity contribution in [1.82, 2.24) is 10.6 Å². The molecule has 0 unspecified atom stereocenters. The van der Waals surface area contributed by atoms with Gasteiger partial charge in [-0.15, -0.1) is 0 Å². The minimum absolute atomic E-state index is 0.0932. The summed E-state index contributed by atoms with van der Waals surface area (Å²) < 4.78 is 0. The SMILES string of the molecule is NC(=O)C1(C2CCNCC2)CC[N]CC1. The minimum atomic E-state index is -0.246. The van der Waals surface area contributed by atoms with Crippen LogP contribution >= 0.6 is 0 Å². The molecule has 0 aliphatic carbocycles. The summed E-state index contributed by atoms with van der Waals surface area (Å²) in [6.07, 6.45) is 3.91. The summed E-state index contributed by atoms with van der Waals surface area (Å²) in [5.74, 6) is 0.385. The van der Waals surface area contributed by atoms with Gasteiger partial charge in [0, 0.05) is 13.1 Å². The Hall–Kier alpha value is -0.610. The Morgan fingerprint density at radius 3 is 2.40 bits per heavy atom. The van der Waals surface area contributed by atoms with E-state index in [1.54, 1.807) is 0 Å². The van der Waals surface area contributed by atoms with Crippen LogP contribution < -0.4 is 16.4 Å². The van der Waals surface area contributed by atoms with E-state index < -0.39 is 0 Å². The molecule has 1 radical (unpaired) electrons. The van der Waals surface area contributed by atoms with Crippen LogP contribution in [0.4, 0.5) is 0 Å². The smallest absolute Gasteiger partial charge is 0.224 e. The van der Waals surface area contributed by atoms with E-state index in [9.17, 15) is 4.79 Å². The van der Waals surface area contributed by atoms with Gasteiger partial charge in [0.1, 0.15) is 0 Å². The highest BCUT2D eigenvalue weighted by molar-refractivity contribution is 5.81. The van der Waals surface area contributed by atoms with E-state index >= 15 is 0 Å². The third-order valence-electron chi connectivity index (χ3n) is 4.04. The Morgan fingerprint density at radius 2 is 1.87 bits per heavy atom. The number of carbonyl (C=O) groups is 1. The molecule has 0 atom stereocenters. The van der Waals surface area contributed by atoms with Crippen molar-refractivity contribution in [3.05, 3.63) is 0 Å². The number of rotatable bonds is 2. The number of hydrogen-bond donors (Lipinski definition) is 2. The Labute approximate surface area is 91.0 Å². The van der Waals surface area contributed by atoms with Crippen LogP contribution in [0.1, 0.15) is 25.7 Å². The summed E-state index contributed by atoms with van der Waals surface area (Å²) in [6, 6.07) is 0. The van der Waals surface area contributed by atoms with Crippen molar-refractivity contribution in [2.24, 2.45) is 17.1 Å². The van der Waals surface area contributed by atoms with Crippen LogP contribution in [0.2, 0.25) is 0 Å². The largest absolute Gasteiger partial charge is 0.369 e. The van der Waals surface area contributed by atoms with Crippen LogP contribution in [0, 0.1) is 11.3 Å². The summed E-state index contributed by atoms with van der Waals surface area (Å²) in [7, 11) is 0. The van der Waals surface area contributed by atoms with Crippen molar-refractivity contribution >= 4 is 5.91 Å². The number of primary amides is 1. The van der Waals surface area contributed by atoms with Crippen molar-refractivity contribution in [2.75, 3.05) is 26.2 Å². The molecule has 0 aromatic rings. The van der Waals surface area contributed by atoms with Gasteiger partial charge in [-0.25, -0.2) is 5.32 Å². The number of amides is 1. The molecule has 2 aliphatic rings. The summed E-state index contributed by atoms with van der Waals surface area (Å²) >= 11 is 0. The molecule has 2 aliphatic heterocycles. The molecule has 2 fully saturated rings. The minimum Gasteiger partial charge on any atom is -0.369 e. The number of nitrogens with one attached hydrogen (secondary N) is 1. The van der Waals surface area contributed by atoms with Crippen molar-refractivity contribution in [1.29, 1.82) is 0 Å². The normalized spacial score (nSPS) is 27.5. The first-order chi connectivity index (χ1) is 7.26. The molecule has 1 amide bonds. The quantitative estimate of drug-likeness (QED) is 0.666. The lowest BCUT2D eigenvalue weighted by Crippen LogP contribution is -2.51. The maximum atomic E-state index is 11.7. The summed E-state index contributed by atoms with van der Waals surface area (Å²) in [4.78, 5) is 11.7. The van der Waals surface area contributed by atoms with Crippen molar-refractivity contribution in [3.8, 4) is 0 Å². The van der Waals surface area contributed by atoms with E-state index in [0.717, 1.165) is 51.9 Å². The third kappa shape index (κ3) is 2.01. The molecule has 0 aromatic heterocycles. The van der Waals surface area contributed by atoms with Gasteiger partial charge in [-0.3, -0.25) is 4.79 Å². The lowest BCUT2D eigenvalue weighted by Gasteiger charge is -2.42. The Bertz CT molecular complexity index is 230. The predicted molar refractivity (Wildman–Crippen MR) is 58.3 cm³/mol. The van der Waals surface area contributed by atoms with Crippen molar-refractivity contribution in [3.63, 3.8) is 0 Å². The van der Waals surface area contributed by atoms with E-state index in [2.05, 4.69) is 10.6 Å². The van der Waals surface area contributed by atoms with Gasteiger partial charge in [-0.1, -0.05) is 0 Å². The number of carbonyl (C=O) groups excluding carboxylic acids is 1. The van der Waals surface area contributed by atoms with Crippen LogP contribution in [-0.4, -0.2) is 32.1 Å². The first kappa shape index (κ1) is 10.9. The Morgan fingerprint density at radius 1 is 1.27 bits per heavy atom. The van der Waals surface area contributed by atoms with Gasteiger partial charge in [-0.05, 0) is 44.7 Å². The highest BCUT2D eigenvalue weighted by atomic mass is 16.1. The van der Waals surface area contributed by atoms with Crippen LogP contribution in [-0.2, 0) is 4.79 Å². The summed E-state index contributed by atoms with van der Waals surface area (Å²) in [6.45, 7) is 3.67. The number of nitrogens with two attached hydrogens (primary N) is 1. The van der Waals surface area contributed by atoms with Crippen LogP contribution in [0.25, 0.3) is 0 Å². The third-order valence-corrected chi connectivity index (χ3v) is 4.04. The topological polar surface area (TPSA) is 69.2 Å². The second kappa shape index (κ2) is 4.49. The van der Waals surface area contributed by atoms with Gasteiger partial charge in [0.15, 0.2) is 0 Å². The first-order valence-corrected chi connectivity index (χ1v) is 5.89. The van der Waals surface area contributed by atoms with Gasteiger partial charge in [-0.2, -0.15) is 0 Å². The fourth-order valence-electron chi connectivity index (χ4n) is 3.02. The molecule has 2 heterocycles. The second-order valence-corrected chi connectivity index (χ2v) is 4.72. The molecule has 2 rings (SSSR count). The fourth-order valence-corrected chi connectivity index (χ4v) is 3.02. The summed E-state index contributed by atoms with van der Waals surface area (Å²) in [5, 5.41) is 7.66. The zero-order valence-electron chi connectivity index (χ0n) is 9.17.